The van der Waals surface area contributed by atoms with E-state index in [1.165, 1.54) is 0 Å². The Hall–Kier alpha value is -1.06. The number of carboxylic acids is 1. The molecule has 2 rings (SSSR count). The van der Waals surface area contributed by atoms with Crippen LogP contribution in [0.5, 0.6) is 0 Å². The molecule has 1 aromatic carbocycles. The molecule has 86 valence electrons. The van der Waals surface area contributed by atoms with E-state index in [0.717, 1.165) is 24.2 Å². The highest BCUT2D eigenvalue weighted by atomic mass is 35.5. The Morgan fingerprint density at radius 3 is 2.94 bits per heavy atom. The number of hydrogen-bond donors (Lipinski definition) is 1. The molecule has 1 atom stereocenters. The zero-order valence-corrected chi connectivity index (χ0v) is 9.54. The molecular formula is C12H13ClO3. The van der Waals surface area contributed by atoms with Gasteiger partial charge in [0.05, 0.1) is 13.0 Å². The van der Waals surface area contributed by atoms with Crippen LogP contribution in [0.15, 0.2) is 18.2 Å². The van der Waals surface area contributed by atoms with Gasteiger partial charge in [-0.05, 0) is 23.6 Å². The van der Waals surface area contributed by atoms with E-state index in [0.29, 0.717) is 17.5 Å². The SMILES string of the molecule is O=C(O)Cc1ccc(C2CCOC2)c(Cl)c1. The molecule has 16 heavy (non-hydrogen) atoms. The molecule has 1 aliphatic heterocycles. The van der Waals surface area contributed by atoms with Gasteiger partial charge in [-0.15, -0.1) is 0 Å². The van der Waals surface area contributed by atoms with E-state index < -0.39 is 5.97 Å². The topological polar surface area (TPSA) is 46.5 Å². The molecule has 0 saturated carbocycles. The summed E-state index contributed by atoms with van der Waals surface area (Å²) in [6, 6.07) is 5.48. The van der Waals surface area contributed by atoms with E-state index in [1.807, 2.05) is 12.1 Å². The second kappa shape index (κ2) is 4.85. The molecule has 1 unspecified atom stereocenters. The zero-order valence-electron chi connectivity index (χ0n) is 8.78. The molecule has 1 aliphatic rings. The molecule has 0 aliphatic carbocycles. The molecule has 0 spiro atoms. The Morgan fingerprint density at radius 1 is 1.56 bits per heavy atom. The summed E-state index contributed by atoms with van der Waals surface area (Å²) >= 11 is 6.14. The lowest BCUT2D eigenvalue weighted by molar-refractivity contribution is -0.136. The van der Waals surface area contributed by atoms with Crippen molar-refractivity contribution < 1.29 is 14.6 Å². The van der Waals surface area contributed by atoms with Gasteiger partial charge in [0.25, 0.3) is 0 Å². The third kappa shape index (κ3) is 2.54. The summed E-state index contributed by atoms with van der Waals surface area (Å²) in [5.41, 5.74) is 1.80. The highest BCUT2D eigenvalue weighted by Gasteiger charge is 2.20. The Kier molecular flexibility index (Phi) is 3.46. The predicted octanol–water partition coefficient (Wildman–Crippen LogP) is 2.47. The van der Waals surface area contributed by atoms with Gasteiger partial charge in [-0.1, -0.05) is 23.7 Å². The molecule has 4 heteroatoms. The van der Waals surface area contributed by atoms with Crippen LogP contribution in [0.4, 0.5) is 0 Å². The normalized spacial score (nSPS) is 19.9. The van der Waals surface area contributed by atoms with Crippen LogP contribution in [0, 0.1) is 0 Å². The molecule has 0 radical (unpaired) electrons. The van der Waals surface area contributed by atoms with Gasteiger partial charge < -0.3 is 9.84 Å². The lowest BCUT2D eigenvalue weighted by Gasteiger charge is -2.11. The largest absolute Gasteiger partial charge is 0.481 e. The van der Waals surface area contributed by atoms with Crippen molar-refractivity contribution in [3.63, 3.8) is 0 Å². The average molecular weight is 241 g/mol. The fourth-order valence-electron chi connectivity index (χ4n) is 1.97. The molecule has 1 heterocycles. The number of hydrogen-bond acceptors (Lipinski definition) is 2. The monoisotopic (exact) mass is 240 g/mol. The van der Waals surface area contributed by atoms with Gasteiger partial charge in [-0.25, -0.2) is 0 Å². The maximum absolute atomic E-state index is 10.6. The van der Waals surface area contributed by atoms with Crippen LogP contribution >= 0.6 is 11.6 Å². The summed E-state index contributed by atoms with van der Waals surface area (Å²) < 4.78 is 5.31. The minimum Gasteiger partial charge on any atom is -0.481 e. The van der Waals surface area contributed by atoms with Crippen LogP contribution in [0.2, 0.25) is 5.02 Å². The van der Waals surface area contributed by atoms with E-state index in [2.05, 4.69) is 0 Å². The second-order valence-corrected chi connectivity index (χ2v) is 4.39. The number of carbonyl (C=O) groups is 1. The van der Waals surface area contributed by atoms with E-state index in [9.17, 15) is 4.79 Å². The first-order valence-corrected chi connectivity index (χ1v) is 5.62. The van der Waals surface area contributed by atoms with Crippen LogP contribution in [-0.4, -0.2) is 24.3 Å². The van der Waals surface area contributed by atoms with Gasteiger partial charge in [-0.2, -0.15) is 0 Å². The molecule has 1 N–H and O–H groups in total. The predicted molar refractivity (Wildman–Crippen MR) is 61.0 cm³/mol. The van der Waals surface area contributed by atoms with Crippen LogP contribution in [0.25, 0.3) is 0 Å². The smallest absolute Gasteiger partial charge is 0.307 e. The van der Waals surface area contributed by atoms with Gasteiger partial charge in [0.2, 0.25) is 0 Å². The van der Waals surface area contributed by atoms with Crippen LogP contribution < -0.4 is 0 Å². The highest BCUT2D eigenvalue weighted by molar-refractivity contribution is 6.31. The summed E-state index contributed by atoms with van der Waals surface area (Å²) in [7, 11) is 0. The van der Waals surface area contributed by atoms with Crippen molar-refractivity contribution in [1.29, 1.82) is 0 Å². The summed E-state index contributed by atoms with van der Waals surface area (Å²) in [5.74, 6) is -0.487. The van der Waals surface area contributed by atoms with Crippen molar-refractivity contribution >= 4 is 17.6 Å². The standard InChI is InChI=1S/C12H13ClO3/c13-11-5-8(6-12(14)15)1-2-10(11)9-3-4-16-7-9/h1-2,5,9H,3-4,6-7H2,(H,14,15). The number of ether oxygens (including phenoxy) is 1. The lowest BCUT2D eigenvalue weighted by Crippen LogP contribution is -2.02. The Labute approximate surface area is 99.0 Å². The van der Waals surface area contributed by atoms with Gasteiger partial charge in [0.1, 0.15) is 0 Å². The minimum absolute atomic E-state index is 0.0150. The molecule has 0 amide bonds. The van der Waals surface area contributed by atoms with Crippen molar-refractivity contribution in [1.82, 2.24) is 0 Å². The molecule has 0 bridgehead atoms. The summed E-state index contributed by atoms with van der Waals surface area (Å²) in [6.45, 7) is 1.48. The summed E-state index contributed by atoms with van der Waals surface area (Å²) in [4.78, 5) is 10.6. The van der Waals surface area contributed by atoms with Crippen molar-refractivity contribution in [3.05, 3.63) is 34.3 Å². The van der Waals surface area contributed by atoms with Gasteiger partial charge in [0, 0.05) is 17.5 Å². The van der Waals surface area contributed by atoms with Crippen molar-refractivity contribution in [2.75, 3.05) is 13.2 Å². The highest BCUT2D eigenvalue weighted by Crippen LogP contribution is 2.31. The maximum atomic E-state index is 10.6. The van der Waals surface area contributed by atoms with E-state index in [1.54, 1.807) is 6.07 Å². The average Bonchev–Trinajstić information content (AvgIpc) is 2.69. The van der Waals surface area contributed by atoms with Crippen molar-refractivity contribution in [2.24, 2.45) is 0 Å². The maximum Gasteiger partial charge on any atom is 0.307 e. The third-order valence-corrected chi connectivity index (χ3v) is 3.12. The molecular weight excluding hydrogens is 228 g/mol. The first kappa shape index (κ1) is 11.4. The zero-order chi connectivity index (χ0) is 11.5. The fraction of sp³-hybridized carbons (Fsp3) is 0.417. The second-order valence-electron chi connectivity index (χ2n) is 3.99. The molecule has 3 nitrogen and oxygen atoms in total. The van der Waals surface area contributed by atoms with Gasteiger partial charge in [-0.3, -0.25) is 4.79 Å². The Bertz CT molecular complexity index is 397. The Balaban J connectivity index is 2.18. The van der Waals surface area contributed by atoms with Crippen LogP contribution in [-0.2, 0) is 16.0 Å². The van der Waals surface area contributed by atoms with Crippen LogP contribution in [0.3, 0.4) is 0 Å². The number of benzene rings is 1. The quantitative estimate of drug-likeness (QED) is 0.883. The molecule has 1 saturated heterocycles. The van der Waals surface area contributed by atoms with E-state index in [-0.39, 0.29) is 6.42 Å². The number of aliphatic carboxylic acids is 1. The summed E-state index contributed by atoms with van der Waals surface area (Å²) in [5, 5.41) is 9.32. The molecule has 1 aromatic rings. The van der Waals surface area contributed by atoms with E-state index >= 15 is 0 Å². The Morgan fingerprint density at radius 2 is 2.38 bits per heavy atom. The van der Waals surface area contributed by atoms with Crippen LogP contribution in [0.1, 0.15) is 23.5 Å². The van der Waals surface area contributed by atoms with E-state index in [4.69, 9.17) is 21.4 Å². The first-order valence-electron chi connectivity index (χ1n) is 5.24. The number of rotatable bonds is 3. The molecule has 0 aromatic heterocycles. The van der Waals surface area contributed by atoms with Gasteiger partial charge in [0.15, 0.2) is 0 Å². The minimum atomic E-state index is -0.840. The lowest BCUT2D eigenvalue weighted by atomic mass is 9.97. The number of carboxylic acid groups (broad SMARTS) is 1. The van der Waals surface area contributed by atoms with Crippen molar-refractivity contribution in [2.45, 2.75) is 18.8 Å². The first-order chi connectivity index (χ1) is 7.66. The summed E-state index contributed by atoms with van der Waals surface area (Å²) in [6.07, 6.45) is 0.999. The molecule has 1 fully saturated rings. The van der Waals surface area contributed by atoms with Gasteiger partial charge >= 0.3 is 5.97 Å². The third-order valence-electron chi connectivity index (χ3n) is 2.79. The van der Waals surface area contributed by atoms with Crippen molar-refractivity contribution in [3.8, 4) is 0 Å². The fourth-order valence-corrected chi connectivity index (χ4v) is 2.32. The number of halogens is 1.